The molecule has 1 aromatic rings. The molecular weight excluding hydrogens is 384 g/mol. The van der Waals surface area contributed by atoms with Gasteiger partial charge in [0.15, 0.2) is 0 Å². The molecule has 2 unspecified atom stereocenters. The van der Waals surface area contributed by atoms with Crippen LogP contribution in [0.3, 0.4) is 0 Å². The average Bonchev–Trinajstić information content (AvgIpc) is 2.70. The zero-order valence-corrected chi connectivity index (χ0v) is 19.1. The Balaban J connectivity index is 1.84. The van der Waals surface area contributed by atoms with Crippen molar-refractivity contribution in [2.45, 2.75) is 58.8 Å². The van der Waals surface area contributed by atoms with E-state index in [4.69, 9.17) is 14.2 Å². The van der Waals surface area contributed by atoms with Gasteiger partial charge in [-0.1, -0.05) is 12.1 Å². The van der Waals surface area contributed by atoms with Gasteiger partial charge in [0, 0.05) is 26.7 Å². The van der Waals surface area contributed by atoms with Gasteiger partial charge in [0.1, 0.15) is 17.5 Å². The number of methoxy groups -OCH3 is 1. The highest BCUT2D eigenvalue weighted by molar-refractivity contribution is 5.80. The number of hydrogen-bond acceptors (Lipinski definition) is 5. The van der Waals surface area contributed by atoms with Crippen LogP contribution in [0.25, 0.3) is 0 Å². The van der Waals surface area contributed by atoms with Crippen LogP contribution in [0.15, 0.2) is 24.3 Å². The van der Waals surface area contributed by atoms with E-state index in [1.54, 1.807) is 26.0 Å². The van der Waals surface area contributed by atoms with Gasteiger partial charge in [-0.3, -0.25) is 4.79 Å². The van der Waals surface area contributed by atoms with E-state index in [1.807, 2.05) is 49.9 Å². The smallest absolute Gasteiger partial charge is 0.410 e. The molecule has 0 radical (unpaired) electrons. The second-order valence-corrected chi connectivity index (χ2v) is 8.96. The summed E-state index contributed by atoms with van der Waals surface area (Å²) >= 11 is 0. The minimum absolute atomic E-state index is 0.0116. The lowest BCUT2D eigenvalue weighted by molar-refractivity contribution is -0.145. The first-order valence-electron chi connectivity index (χ1n) is 10.6. The molecule has 1 aliphatic heterocycles. The Morgan fingerprint density at radius 2 is 2.03 bits per heavy atom. The second kappa shape index (κ2) is 10.7. The summed E-state index contributed by atoms with van der Waals surface area (Å²) in [5.74, 6) is 0.983. The van der Waals surface area contributed by atoms with Crippen molar-refractivity contribution in [3.05, 3.63) is 29.8 Å². The Morgan fingerprint density at radius 1 is 1.30 bits per heavy atom. The van der Waals surface area contributed by atoms with Crippen LogP contribution in [0.2, 0.25) is 0 Å². The highest BCUT2D eigenvalue weighted by Crippen LogP contribution is 2.20. The standard InChI is InChI=1S/C23H36N2O5/c1-17(29-16-18-9-7-11-20(13-18)28-6)21(26)25-12-8-10-19(15-25)14-24(5)22(27)30-23(2,3)4/h7,9,11,13,17,19H,8,10,12,14-16H2,1-6H3. The van der Waals surface area contributed by atoms with Gasteiger partial charge in [0.25, 0.3) is 5.91 Å². The third kappa shape index (κ3) is 7.52. The lowest BCUT2D eigenvalue weighted by Crippen LogP contribution is -2.47. The monoisotopic (exact) mass is 420 g/mol. The van der Waals surface area contributed by atoms with E-state index in [1.165, 1.54) is 0 Å². The zero-order chi connectivity index (χ0) is 22.3. The average molecular weight is 421 g/mol. The minimum atomic E-state index is -0.529. The molecule has 2 amide bonds. The van der Waals surface area contributed by atoms with Crippen LogP contribution in [-0.4, -0.2) is 67.3 Å². The molecule has 168 valence electrons. The summed E-state index contributed by atoms with van der Waals surface area (Å²) in [4.78, 5) is 28.5. The molecule has 30 heavy (non-hydrogen) atoms. The summed E-state index contributed by atoms with van der Waals surface area (Å²) in [5, 5.41) is 0. The number of piperidine rings is 1. The molecule has 0 N–H and O–H groups in total. The van der Waals surface area contributed by atoms with Gasteiger partial charge in [-0.15, -0.1) is 0 Å². The normalized spacial score (nSPS) is 17.9. The van der Waals surface area contributed by atoms with E-state index in [9.17, 15) is 9.59 Å². The summed E-state index contributed by atoms with van der Waals surface area (Å²) in [6.45, 7) is 9.61. The van der Waals surface area contributed by atoms with Crippen LogP contribution in [-0.2, 0) is 20.9 Å². The first-order chi connectivity index (χ1) is 14.1. The summed E-state index contributed by atoms with van der Waals surface area (Å²) in [6, 6.07) is 7.63. The Labute approximate surface area is 180 Å². The van der Waals surface area contributed by atoms with Crippen molar-refractivity contribution in [3.63, 3.8) is 0 Å². The Hall–Kier alpha value is -2.28. The van der Waals surface area contributed by atoms with Crippen LogP contribution >= 0.6 is 0 Å². The molecule has 1 fully saturated rings. The van der Waals surface area contributed by atoms with Crippen molar-refractivity contribution in [2.75, 3.05) is 33.8 Å². The number of nitrogens with zero attached hydrogens (tertiary/aromatic N) is 2. The van der Waals surface area contributed by atoms with Gasteiger partial charge in [-0.05, 0) is 64.2 Å². The largest absolute Gasteiger partial charge is 0.497 e. The van der Waals surface area contributed by atoms with Gasteiger partial charge in [0.05, 0.1) is 13.7 Å². The summed E-state index contributed by atoms with van der Waals surface area (Å²) in [6.07, 6.45) is 1.04. The predicted octanol–water partition coefficient (Wildman–Crippen LogP) is 3.71. The highest BCUT2D eigenvalue weighted by atomic mass is 16.6. The van der Waals surface area contributed by atoms with E-state index < -0.39 is 11.7 Å². The lowest BCUT2D eigenvalue weighted by Gasteiger charge is -2.36. The van der Waals surface area contributed by atoms with E-state index in [0.29, 0.717) is 19.7 Å². The zero-order valence-electron chi connectivity index (χ0n) is 19.1. The molecule has 1 aromatic carbocycles. The molecule has 0 aromatic heterocycles. The summed E-state index contributed by atoms with van der Waals surface area (Å²) in [7, 11) is 3.37. The molecule has 1 heterocycles. The quantitative estimate of drug-likeness (QED) is 0.673. The molecule has 0 aliphatic carbocycles. The molecule has 1 aliphatic rings. The minimum Gasteiger partial charge on any atom is -0.497 e. The maximum Gasteiger partial charge on any atom is 0.410 e. The molecule has 1 saturated heterocycles. The number of rotatable bonds is 7. The maximum atomic E-state index is 12.9. The van der Waals surface area contributed by atoms with Crippen molar-refractivity contribution in [1.29, 1.82) is 0 Å². The van der Waals surface area contributed by atoms with E-state index >= 15 is 0 Å². The van der Waals surface area contributed by atoms with Gasteiger partial charge in [-0.25, -0.2) is 4.79 Å². The second-order valence-electron chi connectivity index (χ2n) is 8.96. The van der Waals surface area contributed by atoms with Crippen LogP contribution in [0.5, 0.6) is 5.75 Å². The number of benzene rings is 1. The van der Waals surface area contributed by atoms with Gasteiger partial charge >= 0.3 is 6.09 Å². The first-order valence-corrected chi connectivity index (χ1v) is 10.6. The van der Waals surface area contributed by atoms with Crippen molar-refractivity contribution in [2.24, 2.45) is 5.92 Å². The topological polar surface area (TPSA) is 68.3 Å². The third-order valence-corrected chi connectivity index (χ3v) is 5.05. The summed E-state index contributed by atoms with van der Waals surface area (Å²) < 4.78 is 16.5. The number of amides is 2. The van der Waals surface area contributed by atoms with Crippen molar-refractivity contribution >= 4 is 12.0 Å². The third-order valence-electron chi connectivity index (χ3n) is 5.05. The molecule has 0 bridgehead atoms. The molecule has 0 saturated carbocycles. The fourth-order valence-corrected chi connectivity index (χ4v) is 3.53. The molecule has 7 nitrogen and oxygen atoms in total. The highest BCUT2D eigenvalue weighted by Gasteiger charge is 2.29. The van der Waals surface area contributed by atoms with Gasteiger partial charge < -0.3 is 24.0 Å². The summed E-state index contributed by atoms with van der Waals surface area (Å²) in [5.41, 5.74) is 0.444. The SMILES string of the molecule is COc1cccc(COC(C)C(=O)N2CCCC(CN(C)C(=O)OC(C)(C)C)C2)c1. The number of likely N-dealkylation sites (tertiary alicyclic amines) is 1. The van der Waals surface area contributed by atoms with Crippen LogP contribution < -0.4 is 4.74 Å². The molecule has 7 heteroatoms. The molecule has 2 atom stereocenters. The number of carbonyl (C=O) groups excluding carboxylic acids is 2. The molecule has 2 rings (SSSR count). The lowest BCUT2D eigenvalue weighted by atomic mass is 9.97. The van der Waals surface area contributed by atoms with Crippen LogP contribution in [0.4, 0.5) is 4.79 Å². The van der Waals surface area contributed by atoms with Crippen molar-refractivity contribution in [1.82, 2.24) is 9.80 Å². The van der Waals surface area contributed by atoms with Crippen LogP contribution in [0.1, 0.15) is 46.1 Å². The number of hydrogen-bond donors (Lipinski definition) is 0. The van der Waals surface area contributed by atoms with Crippen LogP contribution in [0, 0.1) is 5.92 Å². The van der Waals surface area contributed by atoms with Crippen molar-refractivity contribution in [3.8, 4) is 5.75 Å². The Morgan fingerprint density at radius 3 is 2.70 bits per heavy atom. The van der Waals surface area contributed by atoms with Crippen molar-refractivity contribution < 1.29 is 23.8 Å². The fraction of sp³-hybridized carbons (Fsp3) is 0.652. The van der Waals surface area contributed by atoms with E-state index in [2.05, 4.69) is 0 Å². The predicted molar refractivity (Wildman–Crippen MR) is 115 cm³/mol. The number of carbonyl (C=O) groups is 2. The first kappa shape index (κ1) is 24.0. The Kier molecular flexibility index (Phi) is 8.53. The Bertz CT molecular complexity index is 716. The fourth-order valence-electron chi connectivity index (χ4n) is 3.53. The molecule has 0 spiro atoms. The maximum absolute atomic E-state index is 12.9. The number of ether oxygens (including phenoxy) is 3. The van der Waals surface area contributed by atoms with E-state index in [-0.39, 0.29) is 17.9 Å². The van der Waals surface area contributed by atoms with Gasteiger partial charge in [-0.2, -0.15) is 0 Å². The van der Waals surface area contributed by atoms with Gasteiger partial charge in [0.2, 0.25) is 0 Å². The van der Waals surface area contributed by atoms with E-state index in [0.717, 1.165) is 30.7 Å². The molecular formula is C23H36N2O5.